The molecule has 0 fully saturated rings. The molecular weight excluding hydrogens is 359 g/mol. The minimum Gasteiger partial charge on any atom is -0.370 e. The zero-order valence-electron chi connectivity index (χ0n) is 15.3. The van der Waals surface area contributed by atoms with Crippen LogP contribution in [0.3, 0.4) is 0 Å². The van der Waals surface area contributed by atoms with E-state index in [2.05, 4.69) is 20.3 Å². The molecule has 0 radical (unpaired) electrons. The molecule has 0 spiro atoms. The number of ether oxygens (including phenoxy) is 1. The smallest absolute Gasteiger partial charge is 0.370 e. The van der Waals surface area contributed by atoms with Gasteiger partial charge in [0.15, 0.2) is 5.82 Å². The lowest BCUT2D eigenvalue weighted by Gasteiger charge is -2.12. The van der Waals surface area contributed by atoms with E-state index in [1.54, 1.807) is 17.7 Å². The molecule has 0 saturated carbocycles. The fourth-order valence-electron chi connectivity index (χ4n) is 2.81. The van der Waals surface area contributed by atoms with Crippen molar-refractivity contribution in [3.63, 3.8) is 0 Å². The molecule has 9 heteroatoms. The highest BCUT2D eigenvalue weighted by Gasteiger charge is 2.27. The molecule has 0 aliphatic carbocycles. The maximum Gasteiger partial charge on any atom is 0.411 e. The van der Waals surface area contributed by atoms with Crippen LogP contribution in [0.5, 0.6) is 0 Å². The highest BCUT2D eigenvalue weighted by molar-refractivity contribution is 5.90. The van der Waals surface area contributed by atoms with Crippen molar-refractivity contribution in [2.24, 2.45) is 0 Å². The number of fused-ring (bicyclic) bond motifs is 1. The van der Waals surface area contributed by atoms with E-state index in [1.807, 2.05) is 32.2 Å². The number of aryl methyl sites for hydroxylation is 3. The van der Waals surface area contributed by atoms with Gasteiger partial charge in [-0.3, -0.25) is 0 Å². The maximum atomic E-state index is 12.3. The molecule has 3 aromatic rings. The Hall–Kier alpha value is -2.68. The average Bonchev–Trinajstić information content (AvgIpc) is 2.87. The Kier molecular flexibility index (Phi) is 5.31. The summed E-state index contributed by atoms with van der Waals surface area (Å²) in [6.07, 6.45) is -0.804. The molecule has 0 aromatic carbocycles. The van der Waals surface area contributed by atoms with Gasteiger partial charge in [0.2, 0.25) is 0 Å². The van der Waals surface area contributed by atoms with Gasteiger partial charge in [-0.2, -0.15) is 13.2 Å². The number of anilines is 2. The van der Waals surface area contributed by atoms with Crippen molar-refractivity contribution in [3.8, 4) is 0 Å². The van der Waals surface area contributed by atoms with Crippen molar-refractivity contribution >= 4 is 22.7 Å². The van der Waals surface area contributed by atoms with Gasteiger partial charge in [-0.15, -0.1) is 0 Å². The van der Waals surface area contributed by atoms with Crippen LogP contribution < -0.4 is 5.32 Å². The molecule has 0 bridgehead atoms. The molecule has 0 atom stereocenters. The first-order valence-electron chi connectivity index (χ1n) is 8.41. The zero-order valence-corrected chi connectivity index (χ0v) is 15.3. The SMILES string of the molecule is Cc1ccnc(Nc2nc(C)nc3c(C)cn(CCOCC(F)(F)F)c23)c1. The summed E-state index contributed by atoms with van der Waals surface area (Å²) < 4.78 is 43.3. The lowest BCUT2D eigenvalue weighted by molar-refractivity contribution is -0.174. The van der Waals surface area contributed by atoms with E-state index in [1.165, 1.54) is 0 Å². The molecule has 3 rings (SSSR count). The topological polar surface area (TPSA) is 64.9 Å². The van der Waals surface area contributed by atoms with E-state index in [4.69, 9.17) is 4.74 Å². The number of aromatic nitrogens is 4. The van der Waals surface area contributed by atoms with Crippen molar-refractivity contribution in [2.45, 2.75) is 33.5 Å². The van der Waals surface area contributed by atoms with Crippen LogP contribution in [-0.2, 0) is 11.3 Å². The van der Waals surface area contributed by atoms with Crippen molar-refractivity contribution in [1.82, 2.24) is 19.5 Å². The number of hydrogen-bond acceptors (Lipinski definition) is 5. The number of hydrogen-bond donors (Lipinski definition) is 1. The number of rotatable bonds is 6. The highest BCUT2D eigenvalue weighted by Crippen LogP contribution is 2.27. The average molecular weight is 379 g/mol. The second-order valence-electron chi connectivity index (χ2n) is 6.33. The minimum absolute atomic E-state index is 0.0707. The van der Waals surface area contributed by atoms with Crippen molar-refractivity contribution in [1.29, 1.82) is 0 Å². The van der Waals surface area contributed by atoms with Crippen LogP contribution in [0.25, 0.3) is 11.0 Å². The third-order valence-corrected chi connectivity index (χ3v) is 3.91. The van der Waals surface area contributed by atoms with Gasteiger partial charge >= 0.3 is 6.18 Å². The first kappa shape index (κ1) is 19.1. The molecule has 3 aromatic heterocycles. The number of nitrogens with zero attached hydrogens (tertiary/aromatic N) is 4. The molecule has 27 heavy (non-hydrogen) atoms. The molecule has 1 N–H and O–H groups in total. The van der Waals surface area contributed by atoms with Crippen molar-refractivity contribution < 1.29 is 17.9 Å². The number of nitrogens with one attached hydrogen (secondary N) is 1. The van der Waals surface area contributed by atoms with Gasteiger partial charge in [-0.25, -0.2) is 15.0 Å². The normalized spacial score (nSPS) is 11.9. The van der Waals surface area contributed by atoms with Gasteiger partial charge in [0.1, 0.15) is 23.8 Å². The molecule has 0 amide bonds. The van der Waals surface area contributed by atoms with Crippen molar-refractivity contribution in [2.75, 3.05) is 18.5 Å². The fraction of sp³-hybridized carbons (Fsp3) is 0.389. The van der Waals surface area contributed by atoms with E-state index in [0.29, 0.717) is 23.0 Å². The molecule has 0 aliphatic rings. The Labute approximate surface area is 154 Å². The summed E-state index contributed by atoms with van der Waals surface area (Å²) >= 11 is 0. The predicted octanol–water partition coefficient (Wildman–Crippen LogP) is 4.07. The minimum atomic E-state index is -4.33. The summed E-state index contributed by atoms with van der Waals surface area (Å²) in [5.74, 6) is 1.78. The van der Waals surface area contributed by atoms with Crippen LogP contribution in [0.2, 0.25) is 0 Å². The Balaban J connectivity index is 1.90. The summed E-state index contributed by atoms with van der Waals surface area (Å²) in [7, 11) is 0. The van der Waals surface area contributed by atoms with Gasteiger partial charge < -0.3 is 14.6 Å². The number of pyridine rings is 1. The van der Waals surface area contributed by atoms with E-state index < -0.39 is 12.8 Å². The first-order chi connectivity index (χ1) is 12.7. The Bertz CT molecular complexity index is 952. The summed E-state index contributed by atoms with van der Waals surface area (Å²) in [6, 6.07) is 3.77. The van der Waals surface area contributed by atoms with Gasteiger partial charge in [0.25, 0.3) is 0 Å². The second kappa shape index (κ2) is 7.51. The highest BCUT2D eigenvalue weighted by atomic mass is 19.4. The van der Waals surface area contributed by atoms with E-state index >= 15 is 0 Å². The number of alkyl halides is 3. The molecule has 3 heterocycles. The molecule has 0 unspecified atom stereocenters. The Morgan fingerprint density at radius 1 is 1.19 bits per heavy atom. The van der Waals surface area contributed by atoms with Gasteiger partial charge in [-0.05, 0) is 44.0 Å². The Morgan fingerprint density at radius 3 is 2.67 bits per heavy atom. The van der Waals surface area contributed by atoms with Crippen LogP contribution in [0.1, 0.15) is 17.0 Å². The summed E-state index contributed by atoms with van der Waals surface area (Å²) in [6.45, 7) is 4.56. The van der Waals surface area contributed by atoms with Crippen LogP contribution in [-0.4, -0.2) is 38.9 Å². The summed E-state index contributed by atoms with van der Waals surface area (Å²) in [5.41, 5.74) is 3.40. The lowest BCUT2D eigenvalue weighted by Crippen LogP contribution is -2.19. The molecule has 6 nitrogen and oxygen atoms in total. The first-order valence-corrected chi connectivity index (χ1v) is 8.41. The monoisotopic (exact) mass is 379 g/mol. The number of halogens is 3. The van der Waals surface area contributed by atoms with Gasteiger partial charge in [0, 0.05) is 18.9 Å². The van der Waals surface area contributed by atoms with E-state index in [9.17, 15) is 13.2 Å². The second-order valence-corrected chi connectivity index (χ2v) is 6.33. The standard InChI is InChI=1S/C18H20F3N5O/c1-11-4-5-22-14(8-11)25-17-16-15(23-13(3)24-17)12(2)9-26(16)6-7-27-10-18(19,20)21/h4-5,8-9H,6-7,10H2,1-3H3,(H,22,23,24,25). The van der Waals surface area contributed by atoms with Crippen LogP contribution in [0, 0.1) is 20.8 Å². The third-order valence-electron chi connectivity index (χ3n) is 3.91. The van der Waals surface area contributed by atoms with Crippen LogP contribution in [0.15, 0.2) is 24.5 Å². The van der Waals surface area contributed by atoms with E-state index in [0.717, 1.165) is 16.6 Å². The Morgan fingerprint density at radius 2 is 1.96 bits per heavy atom. The van der Waals surface area contributed by atoms with Gasteiger partial charge in [0.05, 0.1) is 12.1 Å². The molecule has 0 aliphatic heterocycles. The summed E-state index contributed by atoms with van der Waals surface area (Å²) in [4.78, 5) is 13.2. The molecular formula is C18H20F3N5O. The lowest BCUT2D eigenvalue weighted by atomic mass is 10.3. The predicted molar refractivity (Wildman–Crippen MR) is 96.1 cm³/mol. The summed E-state index contributed by atoms with van der Waals surface area (Å²) in [5, 5.41) is 3.19. The van der Waals surface area contributed by atoms with Crippen molar-refractivity contribution in [3.05, 3.63) is 41.5 Å². The largest absolute Gasteiger partial charge is 0.411 e. The quantitative estimate of drug-likeness (QED) is 0.654. The zero-order chi connectivity index (χ0) is 19.6. The van der Waals surface area contributed by atoms with Crippen LogP contribution in [0.4, 0.5) is 24.8 Å². The molecule has 144 valence electrons. The van der Waals surface area contributed by atoms with E-state index in [-0.39, 0.29) is 13.2 Å². The maximum absolute atomic E-state index is 12.3. The van der Waals surface area contributed by atoms with Crippen LogP contribution >= 0.6 is 0 Å². The molecule has 0 saturated heterocycles. The third kappa shape index (κ3) is 4.73. The fourth-order valence-corrected chi connectivity index (χ4v) is 2.81. The van der Waals surface area contributed by atoms with Gasteiger partial charge in [-0.1, -0.05) is 0 Å².